The molecule has 0 aromatic carbocycles. The number of carbonyl (C=O) groups excluding carboxylic acids is 1. The van der Waals surface area contributed by atoms with Crippen LogP contribution >= 0.6 is 22.7 Å². The Morgan fingerprint density at radius 3 is 3.00 bits per heavy atom. The van der Waals surface area contributed by atoms with Crippen molar-refractivity contribution in [3.63, 3.8) is 0 Å². The van der Waals surface area contributed by atoms with Crippen LogP contribution in [0.3, 0.4) is 0 Å². The van der Waals surface area contributed by atoms with Gasteiger partial charge in [-0.25, -0.2) is 9.78 Å². The number of rotatable bonds is 3. The van der Waals surface area contributed by atoms with Crippen molar-refractivity contribution in [1.82, 2.24) is 4.98 Å². The molecular weight excluding hydrogens is 268 g/mol. The van der Waals surface area contributed by atoms with E-state index in [0.29, 0.717) is 5.69 Å². The Bertz CT molecular complexity index is 621. The Morgan fingerprint density at radius 1 is 1.56 bits per heavy atom. The first-order valence-electron chi connectivity index (χ1n) is 4.94. The third-order valence-corrected chi connectivity index (χ3v) is 3.97. The van der Waals surface area contributed by atoms with Gasteiger partial charge in [-0.1, -0.05) is 6.07 Å². The Kier molecular flexibility index (Phi) is 3.87. The average Bonchev–Trinajstić information content (AvgIpc) is 3.05. The van der Waals surface area contributed by atoms with E-state index in [2.05, 4.69) is 9.72 Å². The van der Waals surface area contributed by atoms with Crippen LogP contribution in [-0.2, 0) is 9.53 Å². The Hall–Kier alpha value is -1.97. The fourth-order valence-electron chi connectivity index (χ4n) is 1.26. The molecule has 0 atom stereocenters. The highest BCUT2D eigenvalue weighted by atomic mass is 32.1. The van der Waals surface area contributed by atoms with E-state index in [1.54, 1.807) is 22.8 Å². The Morgan fingerprint density at radius 2 is 2.39 bits per heavy atom. The lowest BCUT2D eigenvalue weighted by molar-refractivity contribution is -0.135. The smallest absolute Gasteiger partial charge is 0.348 e. The van der Waals surface area contributed by atoms with Crippen LogP contribution in [0.15, 0.2) is 28.5 Å². The molecule has 0 saturated carbocycles. The molecule has 0 fully saturated rings. The molecule has 0 aliphatic heterocycles. The van der Waals surface area contributed by atoms with E-state index in [9.17, 15) is 4.79 Å². The van der Waals surface area contributed by atoms with Gasteiger partial charge in [0.2, 0.25) is 0 Å². The number of nitrogens with zero attached hydrogens (tertiary/aromatic N) is 2. The summed E-state index contributed by atoms with van der Waals surface area (Å²) in [5.41, 5.74) is 0.533. The van der Waals surface area contributed by atoms with Crippen molar-refractivity contribution in [3.8, 4) is 16.0 Å². The minimum atomic E-state index is -0.650. The van der Waals surface area contributed by atoms with Crippen LogP contribution in [0.1, 0.15) is 5.69 Å². The SMILES string of the molecule is COC(=O)C(C#N)=Cc1csc(-c2cccs2)n1. The number of nitriles is 1. The first-order chi connectivity index (χ1) is 8.74. The molecule has 0 spiro atoms. The summed E-state index contributed by atoms with van der Waals surface area (Å²) in [5.74, 6) is -0.650. The van der Waals surface area contributed by atoms with E-state index in [0.717, 1.165) is 9.88 Å². The van der Waals surface area contributed by atoms with Gasteiger partial charge in [-0.05, 0) is 17.5 Å². The van der Waals surface area contributed by atoms with Crippen LogP contribution < -0.4 is 0 Å². The van der Waals surface area contributed by atoms with Crippen molar-refractivity contribution in [2.45, 2.75) is 0 Å². The van der Waals surface area contributed by atoms with Crippen LogP contribution in [0.2, 0.25) is 0 Å². The molecule has 4 nitrogen and oxygen atoms in total. The summed E-state index contributed by atoms with van der Waals surface area (Å²) in [4.78, 5) is 16.7. The second-order valence-electron chi connectivity index (χ2n) is 3.22. The number of hydrogen-bond acceptors (Lipinski definition) is 6. The number of methoxy groups -OCH3 is 1. The number of aromatic nitrogens is 1. The molecule has 0 saturated heterocycles. The maximum absolute atomic E-state index is 11.2. The number of thiophene rings is 1. The van der Waals surface area contributed by atoms with Gasteiger partial charge in [0, 0.05) is 5.38 Å². The van der Waals surface area contributed by atoms with E-state index < -0.39 is 5.97 Å². The molecule has 0 aliphatic rings. The summed E-state index contributed by atoms with van der Waals surface area (Å²) < 4.78 is 4.50. The summed E-state index contributed by atoms with van der Waals surface area (Å²) >= 11 is 3.07. The van der Waals surface area contributed by atoms with Gasteiger partial charge in [0.15, 0.2) is 0 Å². The highest BCUT2D eigenvalue weighted by Gasteiger charge is 2.10. The van der Waals surface area contributed by atoms with Crippen molar-refractivity contribution >= 4 is 34.7 Å². The second kappa shape index (κ2) is 5.58. The van der Waals surface area contributed by atoms with Gasteiger partial charge in [-0.2, -0.15) is 5.26 Å². The molecule has 0 unspecified atom stereocenters. The van der Waals surface area contributed by atoms with Crippen LogP contribution in [0.4, 0.5) is 0 Å². The van der Waals surface area contributed by atoms with Crippen molar-refractivity contribution in [3.05, 3.63) is 34.2 Å². The van der Waals surface area contributed by atoms with Gasteiger partial charge in [-0.3, -0.25) is 0 Å². The van der Waals surface area contributed by atoms with Crippen molar-refractivity contribution < 1.29 is 9.53 Å². The molecule has 2 heterocycles. The normalized spacial score (nSPS) is 11.0. The largest absolute Gasteiger partial charge is 0.465 e. The topological polar surface area (TPSA) is 63.0 Å². The second-order valence-corrected chi connectivity index (χ2v) is 5.02. The summed E-state index contributed by atoms with van der Waals surface area (Å²) in [5, 5.41) is 13.5. The molecule has 0 aliphatic carbocycles. The molecule has 0 amide bonds. The molecule has 0 N–H and O–H groups in total. The fraction of sp³-hybridized carbons (Fsp3) is 0.0833. The summed E-state index contributed by atoms with van der Waals surface area (Å²) in [6, 6.07) is 5.72. The zero-order valence-corrected chi connectivity index (χ0v) is 11.0. The van der Waals surface area contributed by atoms with E-state index in [1.807, 2.05) is 17.5 Å². The van der Waals surface area contributed by atoms with E-state index in [4.69, 9.17) is 5.26 Å². The molecule has 2 aromatic rings. The van der Waals surface area contributed by atoms with Crippen LogP contribution in [0.25, 0.3) is 16.0 Å². The minimum Gasteiger partial charge on any atom is -0.465 e. The lowest BCUT2D eigenvalue weighted by atomic mass is 10.2. The number of carbonyl (C=O) groups is 1. The van der Waals surface area contributed by atoms with Gasteiger partial charge in [0.25, 0.3) is 0 Å². The zero-order chi connectivity index (χ0) is 13.0. The molecule has 90 valence electrons. The molecule has 6 heteroatoms. The first kappa shape index (κ1) is 12.5. The van der Waals surface area contributed by atoms with Crippen LogP contribution in [0.5, 0.6) is 0 Å². The lowest BCUT2D eigenvalue weighted by Crippen LogP contribution is -2.02. The van der Waals surface area contributed by atoms with Gasteiger partial charge in [0.05, 0.1) is 17.7 Å². The maximum atomic E-state index is 11.2. The standard InChI is InChI=1S/C12H8N2O2S2/c1-16-12(15)8(6-13)5-9-7-18-11(14-9)10-3-2-4-17-10/h2-5,7H,1H3. The average molecular weight is 276 g/mol. The van der Waals surface area contributed by atoms with E-state index >= 15 is 0 Å². The van der Waals surface area contributed by atoms with Crippen LogP contribution in [0, 0.1) is 11.3 Å². The predicted molar refractivity (Wildman–Crippen MR) is 71.0 cm³/mol. The number of ether oxygens (including phenoxy) is 1. The minimum absolute atomic E-state index is 0.0551. The molecule has 18 heavy (non-hydrogen) atoms. The first-order valence-corrected chi connectivity index (χ1v) is 6.70. The summed E-state index contributed by atoms with van der Waals surface area (Å²) in [6.45, 7) is 0. The third kappa shape index (κ3) is 2.64. The van der Waals surface area contributed by atoms with Crippen molar-refractivity contribution in [2.75, 3.05) is 7.11 Å². The molecule has 0 bridgehead atoms. The van der Waals surface area contributed by atoms with Gasteiger partial charge in [0.1, 0.15) is 16.6 Å². The van der Waals surface area contributed by atoms with Crippen molar-refractivity contribution in [2.24, 2.45) is 0 Å². The monoisotopic (exact) mass is 276 g/mol. The number of esters is 1. The van der Waals surface area contributed by atoms with E-state index in [-0.39, 0.29) is 5.57 Å². The fourth-order valence-corrected chi connectivity index (χ4v) is 2.85. The highest BCUT2D eigenvalue weighted by molar-refractivity contribution is 7.20. The lowest BCUT2D eigenvalue weighted by Gasteiger charge is -1.93. The summed E-state index contributed by atoms with van der Waals surface area (Å²) in [6.07, 6.45) is 1.43. The molecule has 0 radical (unpaired) electrons. The Labute approximate surface area is 112 Å². The predicted octanol–water partition coefficient (Wildman–Crippen LogP) is 2.95. The molecule has 2 rings (SSSR count). The highest BCUT2D eigenvalue weighted by Crippen LogP contribution is 2.28. The van der Waals surface area contributed by atoms with Gasteiger partial charge < -0.3 is 4.74 Å². The van der Waals surface area contributed by atoms with Gasteiger partial charge in [-0.15, -0.1) is 22.7 Å². The Balaban J connectivity index is 2.28. The summed E-state index contributed by atoms with van der Waals surface area (Å²) in [7, 11) is 1.24. The molecular formula is C12H8N2O2S2. The third-order valence-electron chi connectivity index (χ3n) is 2.07. The zero-order valence-electron chi connectivity index (χ0n) is 9.41. The number of hydrogen-bond donors (Lipinski definition) is 0. The van der Waals surface area contributed by atoms with Crippen molar-refractivity contribution in [1.29, 1.82) is 5.26 Å². The number of thiazole rings is 1. The molecule has 2 aromatic heterocycles. The van der Waals surface area contributed by atoms with Crippen LogP contribution in [-0.4, -0.2) is 18.1 Å². The quantitative estimate of drug-likeness (QED) is 0.491. The maximum Gasteiger partial charge on any atom is 0.348 e. The van der Waals surface area contributed by atoms with E-state index in [1.165, 1.54) is 24.5 Å². The van der Waals surface area contributed by atoms with Gasteiger partial charge >= 0.3 is 5.97 Å².